The van der Waals surface area contributed by atoms with E-state index in [-0.39, 0.29) is 37.1 Å². The number of nitrogens with zero attached hydrogens (tertiary/aromatic N) is 2. The summed E-state index contributed by atoms with van der Waals surface area (Å²) in [5, 5.41) is 6.80. The molecule has 1 fully saturated rings. The van der Waals surface area contributed by atoms with E-state index in [1.54, 1.807) is 30.0 Å². The lowest BCUT2D eigenvalue weighted by atomic mass is 10.1. The van der Waals surface area contributed by atoms with E-state index in [1.165, 1.54) is 12.1 Å². The van der Waals surface area contributed by atoms with Crippen LogP contribution in [0.4, 0.5) is 9.18 Å². The second-order valence-electron chi connectivity index (χ2n) is 6.71. The topological polar surface area (TPSA) is 93.9 Å². The third-order valence-corrected chi connectivity index (χ3v) is 4.56. The smallest absolute Gasteiger partial charge is 0.409 e. The first-order chi connectivity index (χ1) is 14.0. The van der Waals surface area contributed by atoms with E-state index in [4.69, 9.17) is 14.0 Å². The van der Waals surface area contributed by atoms with Crippen molar-refractivity contribution in [3.8, 4) is 11.3 Å². The molecule has 1 aliphatic heterocycles. The van der Waals surface area contributed by atoms with Crippen LogP contribution in [0.15, 0.2) is 34.9 Å². The maximum absolute atomic E-state index is 13.0. The number of aromatic nitrogens is 1. The normalized spacial score (nSPS) is 14.6. The number of nitrogens with one attached hydrogen (secondary N) is 1. The van der Waals surface area contributed by atoms with Gasteiger partial charge in [0.05, 0.1) is 13.2 Å². The Morgan fingerprint density at radius 1 is 1.28 bits per heavy atom. The Bertz CT molecular complexity index is 816. The van der Waals surface area contributed by atoms with Crippen LogP contribution in [0.5, 0.6) is 0 Å². The van der Waals surface area contributed by atoms with E-state index in [0.29, 0.717) is 49.6 Å². The maximum atomic E-state index is 13.0. The zero-order valence-electron chi connectivity index (χ0n) is 16.2. The first-order valence-corrected chi connectivity index (χ1v) is 9.55. The molecule has 0 radical (unpaired) electrons. The van der Waals surface area contributed by atoms with Gasteiger partial charge in [-0.25, -0.2) is 9.18 Å². The van der Waals surface area contributed by atoms with Gasteiger partial charge in [-0.15, -0.1) is 0 Å². The van der Waals surface area contributed by atoms with Crippen LogP contribution >= 0.6 is 0 Å². The largest absolute Gasteiger partial charge is 0.450 e. The minimum atomic E-state index is -0.325. The number of likely N-dealkylation sites (tertiary alicyclic amines) is 1. The van der Waals surface area contributed by atoms with Gasteiger partial charge in [-0.2, -0.15) is 0 Å². The Labute approximate surface area is 167 Å². The lowest BCUT2D eigenvalue weighted by Crippen LogP contribution is -2.47. The van der Waals surface area contributed by atoms with Gasteiger partial charge in [0.1, 0.15) is 18.1 Å². The highest BCUT2D eigenvalue weighted by Crippen LogP contribution is 2.20. The van der Waals surface area contributed by atoms with Gasteiger partial charge >= 0.3 is 6.09 Å². The van der Waals surface area contributed by atoms with E-state index in [1.807, 2.05) is 0 Å². The van der Waals surface area contributed by atoms with Crippen LogP contribution < -0.4 is 5.32 Å². The molecule has 0 aliphatic carbocycles. The molecule has 9 heteroatoms. The molecule has 1 aromatic heterocycles. The van der Waals surface area contributed by atoms with Crippen molar-refractivity contribution in [2.75, 3.05) is 26.3 Å². The zero-order chi connectivity index (χ0) is 20.6. The molecule has 2 heterocycles. The van der Waals surface area contributed by atoms with Gasteiger partial charge in [-0.05, 0) is 44.0 Å². The molecule has 0 atom stereocenters. The minimum Gasteiger partial charge on any atom is -0.450 e. The van der Waals surface area contributed by atoms with E-state index in [0.717, 1.165) is 0 Å². The number of hydrogen-bond acceptors (Lipinski definition) is 6. The molecule has 29 heavy (non-hydrogen) atoms. The highest BCUT2D eigenvalue weighted by Gasteiger charge is 2.24. The Balaban J connectivity index is 1.36. The molecule has 1 aromatic carbocycles. The minimum absolute atomic E-state index is 0.00825. The van der Waals surface area contributed by atoms with Crippen LogP contribution in [0.1, 0.15) is 25.5 Å². The molecule has 0 spiro atoms. The van der Waals surface area contributed by atoms with Crippen molar-refractivity contribution >= 4 is 12.0 Å². The fourth-order valence-corrected chi connectivity index (χ4v) is 3.07. The van der Waals surface area contributed by atoms with E-state index in [2.05, 4.69) is 10.5 Å². The lowest BCUT2D eigenvalue weighted by Gasteiger charge is -2.31. The molecule has 1 aliphatic rings. The monoisotopic (exact) mass is 405 g/mol. The zero-order valence-corrected chi connectivity index (χ0v) is 16.2. The Morgan fingerprint density at radius 3 is 2.69 bits per heavy atom. The van der Waals surface area contributed by atoms with Gasteiger partial charge in [0.25, 0.3) is 0 Å². The number of piperidine rings is 1. The summed E-state index contributed by atoms with van der Waals surface area (Å²) in [5.74, 6) is -0.0438. The van der Waals surface area contributed by atoms with Crippen LogP contribution in [-0.2, 0) is 20.9 Å². The number of amides is 2. The Hall–Kier alpha value is -2.94. The number of halogens is 1. The van der Waals surface area contributed by atoms with Crippen molar-refractivity contribution in [1.82, 2.24) is 15.4 Å². The highest BCUT2D eigenvalue weighted by atomic mass is 19.1. The molecule has 156 valence electrons. The van der Waals surface area contributed by atoms with E-state index in [9.17, 15) is 14.0 Å². The van der Waals surface area contributed by atoms with Crippen molar-refractivity contribution in [3.63, 3.8) is 0 Å². The Morgan fingerprint density at radius 2 is 2.00 bits per heavy atom. The van der Waals surface area contributed by atoms with Gasteiger partial charge in [0.15, 0.2) is 5.76 Å². The molecule has 0 unspecified atom stereocenters. The SMILES string of the molecule is CCOC(=O)N1CCC(NC(=O)COCc2cc(-c3ccc(F)cc3)on2)CC1. The second kappa shape index (κ2) is 10.0. The molecule has 0 bridgehead atoms. The van der Waals surface area contributed by atoms with E-state index >= 15 is 0 Å². The predicted molar refractivity (Wildman–Crippen MR) is 101 cm³/mol. The molecule has 3 rings (SSSR count). The average Bonchev–Trinajstić information content (AvgIpc) is 3.18. The molecule has 1 saturated heterocycles. The molecular weight excluding hydrogens is 381 g/mol. The van der Waals surface area contributed by atoms with Gasteiger partial charge in [0.2, 0.25) is 5.91 Å². The third kappa shape index (κ3) is 6.02. The number of ether oxygens (including phenoxy) is 2. The summed E-state index contributed by atoms with van der Waals surface area (Å²) < 4.78 is 28.6. The number of benzene rings is 1. The van der Waals surface area contributed by atoms with Crippen molar-refractivity contribution in [3.05, 3.63) is 41.8 Å². The molecule has 0 saturated carbocycles. The first-order valence-electron chi connectivity index (χ1n) is 9.55. The van der Waals surface area contributed by atoms with Crippen LogP contribution in [-0.4, -0.2) is 54.4 Å². The van der Waals surface area contributed by atoms with Crippen LogP contribution in [0.3, 0.4) is 0 Å². The van der Waals surface area contributed by atoms with Gasteiger partial charge in [-0.3, -0.25) is 4.79 Å². The third-order valence-electron chi connectivity index (χ3n) is 4.56. The Kier molecular flexibility index (Phi) is 7.18. The molecular formula is C20H24FN3O5. The first kappa shape index (κ1) is 20.8. The predicted octanol–water partition coefficient (Wildman–Crippen LogP) is 2.73. The molecule has 2 aromatic rings. The summed E-state index contributed by atoms with van der Waals surface area (Å²) in [6, 6.07) is 7.58. The van der Waals surface area contributed by atoms with Crippen LogP contribution in [0, 0.1) is 5.82 Å². The average molecular weight is 405 g/mol. The summed E-state index contributed by atoms with van der Waals surface area (Å²) in [6.07, 6.45) is 1.04. The summed E-state index contributed by atoms with van der Waals surface area (Å²) in [7, 11) is 0. The summed E-state index contributed by atoms with van der Waals surface area (Å²) in [6.45, 7) is 3.25. The van der Waals surface area contributed by atoms with Gasteiger partial charge in [-0.1, -0.05) is 5.16 Å². The molecule has 8 nitrogen and oxygen atoms in total. The summed E-state index contributed by atoms with van der Waals surface area (Å²) in [5.41, 5.74) is 1.25. The standard InChI is InChI=1S/C20H24FN3O5/c1-2-28-20(26)24-9-7-16(8-10-24)22-19(25)13-27-12-17-11-18(29-23-17)14-3-5-15(21)6-4-14/h3-6,11,16H,2,7-10,12-13H2,1H3,(H,22,25). The summed E-state index contributed by atoms with van der Waals surface area (Å²) >= 11 is 0. The number of carbonyl (C=O) groups excluding carboxylic acids is 2. The summed E-state index contributed by atoms with van der Waals surface area (Å²) in [4.78, 5) is 25.4. The quantitative estimate of drug-likeness (QED) is 0.761. The van der Waals surface area contributed by atoms with Crippen molar-refractivity contribution in [2.45, 2.75) is 32.4 Å². The van der Waals surface area contributed by atoms with Crippen molar-refractivity contribution in [2.24, 2.45) is 0 Å². The fourth-order valence-electron chi connectivity index (χ4n) is 3.07. The van der Waals surface area contributed by atoms with Gasteiger partial charge in [0, 0.05) is 30.8 Å². The molecule has 1 N–H and O–H groups in total. The highest BCUT2D eigenvalue weighted by molar-refractivity contribution is 5.77. The maximum Gasteiger partial charge on any atom is 0.409 e. The number of carbonyl (C=O) groups is 2. The number of rotatable bonds is 7. The van der Waals surface area contributed by atoms with Crippen LogP contribution in [0.2, 0.25) is 0 Å². The fraction of sp³-hybridized carbons (Fsp3) is 0.450. The van der Waals surface area contributed by atoms with E-state index < -0.39 is 0 Å². The second-order valence-corrected chi connectivity index (χ2v) is 6.71. The lowest BCUT2D eigenvalue weighted by molar-refractivity contribution is -0.127. The van der Waals surface area contributed by atoms with Crippen molar-refractivity contribution < 1.29 is 28.0 Å². The molecule has 2 amide bonds. The van der Waals surface area contributed by atoms with Crippen LogP contribution in [0.25, 0.3) is 11.3 Å². The van der Waals surface area contributed by atoms with Crippen molar-refractivity contribution in [1.29, 1.82) is 0 Å². The number of hydrogen-bond donors (Lipinski definition) is 1. The van der Waals surface area contributed by atoms with Gasteiger partial charge < -0.3 is 24.2 Å².